The smallest absolute Gasteiger partial charge is 0.137 e. The standard InChI is InChI=1S/C9H10BrNO/c1-12-9-5-4-8(11-7-9)3-2-6-10/h2-5,7H,6H2,1H3. The van der Waals surface area contributed by atoms with Crippen LogP contribution in [0.3, 0.4) is 0 Å². The summed E-state index contributed by atoms with van der Waals surface area (Å²) in [6.45, 7) is 0. The van der Waals surface area contributed by atoms with E-state index in [4.69, 9.17) is 4.74 Å². The van der Waals surface area contributed by atoms with Gasteiger partial charge in [-0.25, -0.2) is 0 Å². The molecule has 0 aliphatic heterocycles. The largest absolute Gasteiger partial charge is 0.495 e. The van der Waals surface area contributed by atoms with Crippen LogP contribution in [-0.2, 0) is 0 Å². The molecule has 1 rings (SSSR count). The maximum atomic E-state index is 4.98. The van der Waals surface area contributed by atoms with Crippen LogP contribution in [0.15, 0.2) is 24.4 Å². The molecule has 0 fully saturated rings. The highest BCUT2D eigenvalue weighted by atomic mass is 79.9. The van der Waals surface area contributed by atoms with Gasteiger partial charge in [0.1, 0.15) is 5.75 Å². The van der Waals surface area contributed by atoms with E-state index < -0.39 is 0 Å². The highest BCUT2D eigenvalue weighted by Crippen LogP contribution is 2.08. The van der Waals surface area contributed by atoms with E-state index in [1.54, 1.807) is 13.3 Å². The molecule has 0 saturated heterocycles. The lowest BCUT2D eigenvalue weighted by Gasteiger charge is -1.97. The first kappa shape index (κ1) is 9.26. The fraction of sp³-hybridized carbons (Fsp3) is 0.222. The number of ether oxygens (including phenoxy) is 1. The summed E-state index contributed by atoms with van der Waals surface area (Å²) in [5.74, 6) is 0.783. The summed E-state index contributed by atoms with van der Waals surface area (Å²) in [5, 5.41) is 0.848. The fourth-order valence-electron chi connectivity index (χ4n) is 0.776. The number of hydrogen-bond donors (Lipinski definition) is 0. The Morgan fingerprint density at radius 2 is 2.42 bits per heavy atom. The van der Waals surface area contributed by atoms with Gasteiger partial charge in [0.25, 0.3) is 0 Å². The van der Waals surface area contributed by atoms with Gasteiger partial charge in [-0.3, -0.25) is 4.98 Å². The minimum atomic E-state index is 0.783. The Morgan fingerprint density at radius 1 is 1.58 bits per heavy atom. The van der Waals surface area contributed by atoms with Crippen LogP contribution in [0.4, 0.5) is 0 Å². The van der Waals surface area contributed by atoms with Crippen molar-refractivity contribution in [2.45, 2.75) is 0 Å². The molecular weight excluding hydrogens is 218 g/mol. The lowest BCUT2D eigenvalue weighted by molar-refractivity contribution is 0.413. The average Bonchev–Trinajstić information content (AvgIpc) is 2.15. The van der Waals surface area contributed by atoms with Gasteiger partial charge in [0.05, 0.1) is 19.0 Å². The first-order valence-electron chi connectivity index (χ1n) is 3.59. The number of aromatic nitrogens is 1. The number of hydrogen-bond acceptors (Lipinski definition) is 2. The molecule has 2 nitrogen and oxygen atoms in total. The lowest BCUT2D eigenvalue weighted by atomic mass is 10.3. The third-order valence-electron chi connectivity index (χ3n) is 1.37. The van der Waals surface area contributed by atoms with E-state index in [1.165, 1.54) is 0 Å². The zero-order chi connectivity index (χ0) is 8.81. The Balaban J connectivity index is 2.71. The molecule has 0 unspecified atom stereocenters. The van der Waals surface area contributed by atoms with E-state index in [9.17, 15) is 0 Å². The number of pyridine rings is 1. The second kappa shape index (κ2) is 4.93. The van der Waals surface area contributed by atoms with Gasteiger partial charge >= 0.3 is 0 Å². The Bertz CT molecular complexity index is 256. The molecule has 1 aromatic rings. The Hall–Kier alpha value is -0.830. The SMILES string of the molecule is COc1ccc(C=CCBr)nc1. The summed E-state index contributed by atoms with van der Waals surface area (Å²) in [7, 11) is 1.63. The van der Waals surface area contributed by atoms with Gasteiger partial charge in [-0.15, -0.1) is 0 Å². The number of methoxy groups -OCH3 is 1. The van der Waals surface area contributed by atoms with Gasteiger partial charge < -0.3 is 4.74 Å². The van der Waals surface area contributed by atoms with Crippen molar-refractivity contribution in [1.29, 1.82) is 0 Å². The molecule has 0 aliphatic carbocycles. The van der Waals surface area contributed by atoms with Crippen molar-refractivity contribution in [3.63, 3.8) is 0 Å². The molecule has 0 amide bonds. The van der Waals surface area contributed by atoms with Gasteiger partial charge in [-0.1, -0.05) is 22.0 Å². The second-order valence-corrected chi connectivity index (χ2v) is 2.83. The Labute approximate surface area is 80.4 Å². The van der Waals surface area contributed by atoms with Crippen molar-refractivity contribution in [3.05, 3.63) is 30.1 Å². The summed E-state index contributed by atoms with van der Waals surface area (Å²) >= 11 is 3.30. The second-order valence-electron chi connectivity index (χ2n) is 2.18. The van der Waals surface area contributed by atoms with Crippen LogP contribution >= 0.6 is 15.9 Å². The zero-order valence-corrected chi connectivity index (χ0v) is 8.41. The average molecular weight is 228 g/mol. The highest BCUT2D eigenvalue weighted by molar-refractivity contribution is 9.09. The Morgan fingerprint density at radius 3 is 2.92 bits per heavy atom. The summed E-state index contributed by atoms with van der Waals surface area (Å²) in [5.41, 5.74) is 0.940. The Kier molecular flexibility index (Phi) is 3.80. The van der Waals surface area contributed by atoms with Crippen molar-refractivity contribution >= 4 is 22.0 Å². The molecule has 1 heterocycles. The van der Waals surface area contributed by atoms with E-state index in [2.05, 4.69) is 20.9 Å². The van der Waals surface area contributed by atoms with Crippen molar-refractivity contribution in [1.82, 2.24) is 4.98 Å². The van der Waals surface area contributed by atoms with Crippen LogP contribution in [0, 0.1) is 0 Å². The molecule has 12 heavy (non-hydrogen) atoms. The molecule has 1 aromatic heterocycles. The molecule has 0 radical (unpaired) electrons. The summed E-state index contributed by atoms with van der Waals surface area (Å²) < 4.78 is 4.98. The van der Waals surface area contributed by atoms with Gasteiger partial charge in [0.15, 0.2) is 0 Å². The quantitative estimate of drug-likeness (QED) is 0.741. The summed E-state index contributed by atoms with van der Waals surface area (Å²) in [6, 6.07) is 3.80. The van der Waals surface area contributed by atoms with Crippen molar-refractivity contribution in [2.75, 3.05) is 12.4 Å². The predicted octanol–water partition coefficient (Wildman–Crippen LogP) is 2.50. The highest BCUT2D eigenvalue weighted by Gasteiger charge is 1.89. The van der Waals surface area contributed by atoms with Crippen LogP contribution in [0.5, 0.6) is 5.75 Å². The predicted molar refractivity (Wildman–Crippen MR) is 53.6 cm³/mol. The molecule has 0 aromatic carbocycles. The van der Waals surface area contributed by atoms with E-state index in [1.807, 2.05) is 24.3 Å². The first-order chi connectivity index (χ1) is 5.86. The molecule has 0 atom stereocenters. The number of halogens is 1. The topological polar surface area (TPSA) is 22.1 Å². The molecule has 0 N–H and O–H groups in total. The van der Waals surface area contributed by atoms with Crippen LogP contribution in [0.25, 0.3) is 6.08 Å². The van der Waals surface area contributed by atoms with Gasteiger partial charge in [0, 0.05) is 5.33 Å². The molecular formula is C9H10BrNO. The van der Waals surface area contributed by atoms with Crippen LogP contribution in [0.2, 0.25) is 0 Å². The monoisotopic (exact) mass is 227 g/mol. The zero-order valence-electron chi connectivity index (χ0n) is 6.83. The number of nitrogens with zero attached hydrogens (tertiary/aromatic N) is 1. The molecule has 64 valence electrons. The third-order valence-corrected chi connectivity index (χ3v) is 1.75. The molecule has 0 spiro atoms. The minimum Gasteiger partial charge on any atom is -0.495 e. The molecule has 0 saturated carbocycles. The van der Waals surface area contributed by atoms with Gasteiger partial charge in [-0.2, -0.15) is 0 Å². The summed E-state index contributed by atoms with van der Waals surface area (Å²) in [4.78, 5) is 4.15. The fourth-order valence-corrected chi connectivity index (χ4v) is 0.963. The van der Waals surface area contributed by atoms with Crippen molar-refractivity contribution in [3.8, 4) is 5.75 Å². The maximum Gasteiger partial charge on any atom is 0.137 e. The number of allylic oxidation sites excluding steroid dienone is 1. The summed E-state index contributed by atoms with van der Waals surface area (Å²) in [6.07, 6.45) is 5.65. The third kappa shape index (κ3) is 2.66. The lowest BCUT2D eigenvalue weighted by Crippen LogP contribution is -1.85. The van der Waals surface area contributed by atoms with E-state index in [-0.39, 0.29) is 0 Å². The number of alkyl halides is 1. The van der Waals surface area contributed by atoms with Crippen molar-refractivity contribution in [2.24, 2.45) is 0 Å². The molecule has 0 aliphatic rings. The van der Waals surface area contributed by atoms with Crippen LogP contribution < -0.4 is 4.74 Å². The van der Waals surface area contributed by atoms with E-state index in [0.29, 0.717) is 0 Å². The van der Waals surface area contributed by atoms with Gasteiger partial charge in [0.2, 0.25) is 0 Å². The number of rotatable bonds is 3. The van der Waals surface area contributed by atoms with Crippen molar-refractivity contribution < 1.29 is 4.74 Å². The molecule has 0 bridgehead atoms. The van der Waals surface area contributed by atoms with Crippen LogP contribution in [-0.4, -0.2) is 17.4 Å². The van der Waals surface area contributed by atoms with E-state index in [0.717, 1.165) is 16.8 Å². The minimum absolute atomic E-state index is 0.783. The normalized spacial score (nSPS) is 10.5. The first-order valence-corrected chi connectivity index (χ1v) is 4.71. The maximum absolute atomic E-state index is 4.98. The molecule has 3 heteroatoms. The van der Waals surface area contributed by atoms with E-state index >= 15 is 0 Å². The van der Waals surface area contributed by atoms with Crippen LogP contribution in [0.1, 0.15) is 5.69 Å². The van der Waals surface area contributed by atoms with Gasteiger partial charge in [-0.05, 0) is 18.2 Å².